The zero-order valence-electron chi connectivity index (χ0n) is 16.2. The molecule has 2 aromatic carbocycles. The van der Waals surface area contributed by atoms with Crippen LogP contribution >= 0.6 is 0 Å². The molecule has 3 rings (SSSR count). The monoisotopic (exact) mass is 369 g/mol. The van der Waals surface area contributed by atoms with Gasteiger partial charge in [0.2, 0.25) is 0 Å². The summed E-state index contributed by atoms with van der Waals surface area (Å²) in [5.74, 6) is 1.27. The van der Waals surface area contributed by atoms with E-state index >= 15 is 0 Å². The zero-order valence-corrected chi connectivity index (χ0v) is 16.2. The molecule has 0 atom stereocenters. The number of methoxy groups -OCH3 is 2. The van der Waals surface area contributed by atoms with E-state index in [9.17, 15) is 4.79 Å². The fourth-order valence-corrected chi connectivity index (χ4v) is 3.23. The van der Waals surface area contributed by atoms with Gasteiger partial charge in [0, 0.05) is 38.8 Å². The van der Waals surface area contributed by atoms with Gasteiger partial charge in [0.05, 0.1) is 19.9 Å². The number of urea groups is 1. The molecular formula is C21H27N3O3. The van der Waals surface area contributed by atoms with Crippen LogP contribution < -0.4 is 14.8 Å². The van der Waals surface area contributed by atoms with Crippen molar-refractivity contribution in [1.82, 2.24) is 9.80 Å². The number of piperazine rings is 1. The van der Waals surface area contributed by atoms with Gasteiger partial charge < -0.3 is 19.7 Å². The summed E-state index contributed by atoms with van der Waals surface area (Å²) < 4.78 is 10.5. The fraction of sp³-hybridized carbons (Fsp3) is 0.381. The van der Waals surface area contributed by atoms with Gasteiger partial charge in [-0.2, -0.15) is 0 Å². The van der Waals surface area contributed by atoms with Crippen molar-refractivity contribution in [1.29, 1.82) is 0 Å². The molecule has 0 spiro atoms. The third-order valence-corrected chi connectivity index (χ3v) is 4.97. The maximum absolute atomic E-state index is 12.6. The lowest BCUT2D eigenvalue weighted by molar-refractivity contribution is 0.143. The summed E-state index contributed by atoms with van der Waals surface area (Å²) in [7, 11) is 3.18. The standard InChI is InChI=1S/C21H27N3O3/c1-16-6-4-5-7-17(16)15-23-10-12-24(13-11-23)21(25)22-19-9-8-18(26-2)14-20(19)27-3/h4-9,14H,10-13,15H2,1-3H3,(H,22,25). The van der Waals surface area contributed by atoms with Gasteiger partial charge >= 0.3 is 6.03 Å². The SMILES string of the molecule is COc1ccc(NC(=O)N2CCN(Cc3ccccc3C)CC2)c(OC)c1. The van der Waals surface area contributed by atoms with Crippen LogP contribution in [0.2, 0.25) is 0 Å². The van der Waals surface area contributed by atoms with Crippen LogP contribution in [0.1, 0.15) is 11.1 Å². The predicted molar refractivity (Wildman–Crippen MR) is 107 cm³/mol. The van der Waals surface area contributed by atoms with Gasteiger partial charge in [-0.3, -0.25) is 4.90 Å². The van der Waals surface area contributed by atoms with Crippen molar-refractivity contribution in [3.8, 4) is 11.5 Å². The van der Waals surface area contributed by atoms with Crippen LogP contribution in [0.25, 0.3) is 0 Å². The number of aryl methyl sites for hydroxylation is 1. The molecule has 1 N–H and O–H groups in total. The molecule has 1 fully saturated rings. The Kier molecular flexibility index (Phi) is 6.19. The fourth-order valence-electron chi connectivity index (χ4n) is 3.23. The molecule has 27 heavy (non-hydrogen) atoms. The molecular weight excluding hydrogens is 342 g/mol. The van der Waals surface area contributed by atoms with Crippen molar-refractivity contribution in [3.63, 3.8) is 0 Å². The lowest BCUT2D eigenvalue weighted by Crippen LogP contribution is -2.49. The van der Waals surface area contributed by atoms with Crippen molar-refractivity contribution in [3.05, 3.63) is 53.6 Å². The average Bonchev–Trinajstić information content (AvgIpc) is 2.70. The van der Waals surface area contributed by atoms with Crippen LogP contribution in [0, 0.1) is 6.92 Å². The van der Waals surface area contributed by atoms with Crippen LogP contribution in [0.3, 0.4) is 0 Å². The molecule has 2 amide bonds. The second-order valence-electron chi connectivity index (χ2n) is 6.69. The molecule has 1 aliphatic heterocycles. The van der Waals surface area contributed by atoms with Gasteiger partial charge in [-0.05, 0) is 30.2 Å². The number of amides is 2. The quantitative estimate of drug-likeness (QED) is 0.878. The van der Waals surface area contributed by atoms with Crippen molar-refractivity contribution < 1.29 is 14.3 Å². The number of ether oxygens (including phenoxy) is 2. The lowest BCUT2D eigenvalue weighted by atomic mass is 10.1. The van der Waals surface area contributed by atoms with E-state index in [4.69, 9.17) is 9.47 Å². The van der Waals surface area contributed by atoms with E-state index in [1.165, 1.54) is 11.1 Å². The minimum Gasteiger partial charge on any atom is -0.497 e. The lowest BCUT2D eigenvalue weighted by Gasteiger charge is -2.35. The summed E-state index contributed by atoms with van der Waals surface area (Å²) in [6.45, 7) is 6.20. The summed E-state index contributed by atoms with van der Waals surface area (Å²) >= 11 is 0. The van der Waals surface area contributed by atoms with Crippen LogP contribution in [-0.2, 0) is 6.54 Å². The molecule has 0 unspecified atom stereocenters. The summed E-state index contributed by atoms with van der Waals surface area (Å²) in [4.78, 5) is 16.9. The Bertz CT molecular complexity index is 786. The highest BCUT2D eigenvalue weighted by Gasteiger charge is 2.22. The number of nitrogens with one attached hydrogen (secondary N) is 1. The topological polar surface area (TPSA) is 54.0 Å². The molecule has 6 heteroatoms. The molecule has 0 radical (unpaired) electrons. The molecule has 0 aliphatic carbocycles. The maximum atomic E-state index is 12.6. The first-order chi connectivity index (χ1) is 13.1. The zero-order chi connectivity index (χ0) is 19.2. The molecule has 0 bridgehead atoms. The minimum absolute atomic E-state index is 0.103. The summed E-state index contributed by atoms with van der Waals surface area (Å²) in [5.41, 5.74) is 3.30. The number of benzene rings is 2. The van der Waals surface area contributed by atoms with Crippen LogP contribution in [0.15, 0.2) is 42.5 Å². The van der Waals surface area contributed by atoms with Gasteiger partial charge in [-0.1, -0.05) is 24.3 Å². The van der Waals surface area contributed by atoms with E-state index in [2.05, 4.69) is 41.4 Å². The molecule has 0 saturated carbocycles. The first-order valence-electron chi connectivity index (χ1n) is 9.15. The first-order valence-corrected chi connectivity index (χ1v) is 9.15. The molecule has 1 aliphatic rings. The number of carbonyl (C=O) groups is 1. The summed E-state index contributed by atoms with van der Waals surface area (Å²) in [6.07, 6.45) is 0. The van der Waals surface area contributed by atoms with E-state index < -0.39 is 0 Å². The smallest absolute Gasteiger partial charge is 0.322 e. The minimum atomic E-state index is -0.103. The largest absolute Gasteiger partial charge is 0.497 e. The number of rotatable bonds is 5. The first kappa shape index (κ1) is 19.0. The third kappa shape index (κ3) is 4.71. The third-order valence-electron chi connectivity index (χ3n) is 4.97. The Hall–Kier alpha value is -2.73. The van der Waals surface area contributed by atoms with E-state index in [0.717, 1.165) is 19.6 Å². The van der Waals surface area contributed by atoms with Gasteiger partial charge in [0.25, 0.3) is 0 Å². The van der Waals surface area contributed by atoms with Gasteiger partial charge in [-0.25, -0.2) is 4.79 Å². The maximum Gasteiger partial charge on any atom is 0.322 e. The molecule has 6 nitrogen and oxygen atoms in total. The highest BCUT2D eigenvalue weighted by atomic mass is 16.5. The highest BCUT2D eigenvalue weighted by Crippen LogP contribution is 2.29. The normalized spacial score (nSPS) is 14.7. The van der Waals surface area contributed by atoms with E-state index in [1.807, 2.05) is 4.90 Å². The van der Waals surface area contributed by atoms with Crippen LogP contribution in [-0.4, -0.2) is 56.2 Å². The number of nitrogens with zero attached hydrogens (tertiary/aromatic N) is 2. The van der Waals surface area contributed by atoms with Gasteiger partial charge in [0.1, 0.15) is 11.5 Å². The molecule has 1 saturated heterocycles. The Balaban J connectivity index is 1.55. The van der Waals surface area contributed by atoms with E-state index in [-0.39, 0.29) is 6.03 Å². The number of carbonyl (C=O) groups excluding carboxylic acids is 1. The Morgan fingerprint density at radius 1 is 1.04 bits per heavy atom. The van der Waals surface area contributed by atoms with Crippen molar-refractivity contribution >= 4 is 11.7 Å². The number of hydrogen-bond donors (Lipinski definition) is 1. The Morgan fingerprint density at radius 2 is 1.78 bits per heavy atom. The van der Waals surface area contributed by atoms with Crippen LogP contribution in [0.5, 0.6) is 11.5 Å². The van der Waals surface area contributed by atoms with E-state index in [1.54, 1.807) is 32.4 Å². The van der Waals surface area contributed by atoms with Crippen molar-refractivity contribution in [2.75, 3.05) is 45.7 Å². The Labute approximate surface area is 160 Å². The second kappa shape index (κ2) is 8.77. The molecule has 1 heterocycles. The molecule has 144 valence electrons. The second-order valence-corrected chi connectivity index (χ2v) is 6.69. The predicted octanol–water partition coefficient (Wildman–Crippen LogP) is 3.36. The van der Waals surface area contributed by atoms with Gasteiger partial charge in [0.15, 0.2) is 0 Å². The van der Waals surface area contributed by atoms with Crippen molar-refractivity contribution in [2.45, 2.75) is 13.5 Å². The Morgan fingerprint density at radius 3 is 2.44 bits per heavy atom. The van der Waals surface area contributed by atoms with E-state index in [0.29, 0.717) is 30.3 Å². The highest BCUT2D eigenvalue weighted by molar-refractivity contribution is 5.91. The summed E-state index contributed by atoms with van der Waals surface area (Å²) in [5, 5.41) is 2.94. The average molecular weight is 369 g/mol. The number of hydrogen-bond acceptors (Lipinski definition) is 4. The number of anilines is 1. The van der Waals surface area contributed by atoms with Crippen molar-refractivity contribution in [2.24, 2.45) is 0 Å². The van der Waals surface area contributed by atoms with Gasteiger partial charge in [-0.15, -0.1) is 0 Å². The van der Waals surface area contributed by atoms with Crippen LogP contribution in [0.4, 0.5) is 10.5 Å². The summed E-state index contributed by atoms with van der Waals surface area (Å²) in [6, 6.07) is 13.7. The molecule has 2 aromatic rings. The molecule has 0 aromatic heterocycles.